The Hall–Kier alpha value is -2.81. The maximum Gasteiger partial charge on any atom is 0.154 e. The Morgan fingerprint density at radius 3 is 2.10 bits per heavy atom. The van der Waals surface area contributed by atoms with Crippen molar-refractivity contribution in [3.05, 3.63) is 71.8 Å². The molecule has 0 saturated heterocycles. The first-order chi connectivity index (χ1) is 10.1. The van der Waals surface area contributed by atoms with Crippen LogP contribution < -0.4 is 0 Å². The van der Waals surface area contributed by atoms with Gasteiger partial charge in [-0.05, 0) is 35.4 Å². The molecular formula is C18H16O3. The number of phenolic OH excluding ortho intramolecular Hbond substituents is 2. The Balaban J connectivity index is 0.000000173. The topological polar surface area (TPSA) is 57.5 Å². The van der Waals surface area contributed by atoms with E-state index in [-0.39, 0.29) is 5.75 Å². The van der Waals surface area contributed by atoms with Gasteiger partial charge in [0.2, 0.25) is 0 Å². The van der Waals surface area contributed by atoms with Crippen LogP contribution in [-0.4, -0.2) is 16.5 Å². The van der Waals surface area contributed by atoms with Gasteiger partial charge in [-0.3, -0.25) is 4.79 Å². The number of benzene rings is 3. The first kappa shape index (κ1) is 14.6. The second-order valence-corrected chi connectivity index (χ2v) is 4.62. The highest BCUT2D eigenvalue weighted by atomic mass is 16.3. The molecule has 21 heavy (non-hydrogen) atoms. The highest BCUT2D eigenvalue weighted by Gasteiger charge is 2.03. The summed E-state index contributed by atoms with van der Waals surface area (Å²) in [6, 6.07) is 18.0. The van der Waals surface area contributed by atoms with Crippen LogP contribution in [-0.2, 0) is 0 Å². The lowest BCUT2D eigenvalue weighted by Gasteiger charge is -2.01. The number of fused-ring (bicyclic) bond motifs is 1. The number of hydrogen-bond acceptors (Lipinski definition) is 3. The molecule has 0 aliphatic rings. The standard InChI is InChI=1S/C11H8O2.C7H8O/c12-7-10-9-4-2-1-3-8(9)5-6-11(10)13;1-6-4-2-3-5-7(6)8/h1-7,13H;2-5,8H,1H3. The molecule has 3 heteroatoms. The number of hydrogen-bond donors (Lipinski definition) is 2. The van der Waals surface area contributed by atoms with E-state index in [0.29, 0.717) is 17.6 Å². The molecule has 2 N–H and O–H groups in total. The van der Waals surface area contributed by atoms with Crippen LogP contribution in [0.4, 0.5) is 0 Å². The van der Waals surface area contributed by atoms with Gasteiger partial charge in [-0.25, -0.2) is 0 Å². The van der Waals surface area contributed by atoms with Gasteiger partial charge in [0.15, 0.2) is 6.29 Å². The average Bonchev–Trinajstić information content (AvgIpc) is 2.51. The van der Waals surface area contributed by atoms with Gasteiger partial charge in [0.25, 0.3) is 0 Å². The molecule has 0 saturated carbocycles. The maximum absolute atomic E-state index is 10.7. The van der Waals surface area contributed by atoms with Crippen molar-refractivity contribution in [3.63, 3.8) is 0 Å². The van der Waals surface area contributed by atoms with E-state index >= 15 is 0 Å². The molecule has 0 amide bonds. The first-order valence-electron chi connectivity index (χ1n) is 6.54. The van der Waals surface area contributed by atoms with Gasteiger partial charge < -0.3 is 10.2 Å². The van der Waals surface area contributed by atoms with Gasteiger partial charge in [-0.1, -0.05) is 48.5 Å². The largest absolute Gasteiger partial charge is 0.508 e. The summed E-state index contributed by atoms with van der Waals surface area (Å²) in [6.45, 7) is 1.87. The van der Waals surface area contributed by atoms with Crippen molar-refractivity contribution >= 4 is 17.1 Å². The van der Waals surface area contributed by atoms with Crippen LogP contribution in [0.2, 0.25) is 0 Å². The second-order valence-electron chi connectivity index (χ2n) is 4.62. The third-order valence-corrected chi connectivity index (χ3v) is 3.18. The fourth-order valence-corrected chi connectivity index (χ4v) is 1.97. The minimum absolute atomic E-state index is 0.0358. The number of carbonyl (C=O) groups is 1. The van der Waals surface area contributed by atoms with Crippen LogP contribution in [0.5, 0.6) is 11.5 Å². The quantitative estimate of drug-likeness (QED) is 0.661. The summed E-state index contributed by atoms with van der Waals surface area (Å²) in [5.74, 6) is 0.404. The maximum atomic E-state index is 10.7. The molecule has 0 radical (unpaired) electrons. The molecule has 106 valence electrons. The Labute approximate surface area is 123 Å². The minimum atomic E-state index is 0.0358. The van der Waals surface area contributed by atoms with E-state index in [9.17, 15) is 9.90 Å². The monoisotopic (exact) mass is 280 g/mol. The summed E-state index contributed by atoms with van der Waals surface area (Å²) in [5, 5.41) is 20.0. The predicted octanol–water partition coefficient (Wildman–Crippen LogP) is 4.06. The number of aromatic hydroxyl groups is 2. The zero-order valence-corrected chi connectivity index (χ0v) is 11.7. The Bertz CT molecular complexity index is 742. The summed E-state index contributed by atoms with van der Waals surface area (Å²) in [6.07, 6.45) is 0.678. The Morgan fingerprint density at radius 2 is 1.48 bits per heavy atom. The molecule has 3 nitrogen and oxygen atoms in total. The van der Waals surface area contributed by atoms with E-state index in [2.05, 4.69) is 0 Å². The van der Waals surface area contributed by atoms with Crippen molar-refractivity contribution in [1.29, 1.82) is 0 Å². The molecule has 3 rings (SSSR count). The fraction of sp³-hybridized carbons (Fsp3) is 0.0556. The molecule has 0 unspecified atom stereocenters. The van der Waals surface area contributed by atoms with Crippen molar-refractivity contribution in [2.45, 2.75) is 6.92 Å². The van der Waals surface area contributed by atoms with Crippen LogP contribution in [0.25, 0.3) is 10.8 Å². The van der Waals surface area contributed by atoms with E-state index in [1.807, 2.05) is 49.4 Å². The molecule has 0 aliphatic carbocycles. The lowest BCUT2D eigenvalue weighted by molar-refractivity contribution is 0.112. The van der Waals surface area contributed by atoms with Crippen molar-refractivity contribution in [2.24, 2.45) is 0 Å². The summed E-state index contributed by atoms with van der Waals surface area (Å²) >= 11 is 0. The van der Waals surface area contributed by atoms with E-state index in [4.69, 9.17) is 5.11 Å². The molecule has 0 atom stereocenters. The van der Waals surface area contributed by atoms with Gasteiger partial charge in [0, 0.05) is 0 Å². The van der Waals surface area contributed by atoms with E-state index < -0.39 is 0 Å². The third kappa shape index (κ3) is 3.39. The third-order valence-electron chi connectivity index (χ3n) is 3.18. The van der Waals surface area contributed by atoms with Crippen molar-refractivity contribution in [3.8, 4) is 11.5 Å². The second kappa shape index (κ2) is 6.57. The molecule has 0 heterocycles. The van der Waals surface area contributed by atoms with Gasteiger partial charge in [0.1, 0.15) is 11.5 Å². The summed E-state index contributed by atoms with van der Waals surface area (Å²) in [7, 11) is 0. The first-order valence-corrected chi connectivity index (χ1v) is 6.54. The van der Waals surface area contributed by atoms with Crippen molar-refractivity contribution < 1.29 is 15.0 Å². The van der Waals surface area contributed by atoms with Crippen LogP contribution in [0.3, 0.4) is 0 Å². The zero-order valence-electron chi connectivity index (χ0n) is 11.7. The number of carbonyl (C=O) groups excluding carboxylic acids is 1. The minimum Gasteiger partial charge on any atom is -0.508 e. The molecule has 3 aromatic carbocycles. The molecule has 0 aromatic heterocycles. The van der Waals surface area contributed by atoms with Gasteiger partial charge in [0.05, 0.1) is 5.56 Å². The van der Waals surface area contributed by atoms with Crippen molar-refractivity contribution in [1.82, 2.24) is 0 Å². The molecule has 0 bridgehead atoms. The molecule has 3 aromatic rings. The lowest BCUT2D eigenvalue weighted by Crippen LogP contribution is -1.83. The lowest BCUT2D eigenvalue weighted by atomic mass is 10.0. The SMILES string of the molecule is Cc1ccccc1O.O=Cc1c(O)ccc2ccccc12. The van der Waals surface area contributed by atoms with Crippen LogP contribution in [0.15, 0.2) is 60.7 Å². The molecule has 0 spiro atoms. The highest BCUT2D eigenvalue weighted by molar-refractivity contribution is 6.00. The van der Waals surface area contributed by atoms with Gasteiger partial charge in [-0.15, -0.1) is 0 Å². The van der Waals surface area contributed by atoms with E-state index in [1.54, 1.807) is 12.1 Å². The molecular weight excluding hydrogens is 264 g/mol. The summed E-state index contributed by atoms with van der Waals surface area (Å²) in [4.78, 5) is 10.7. The van der Waals surface area contributed by atoms with Crippen molar-refractivity contribution in [2.75, 3.05) is 0 Å². The van der Waals surface area contributed by atoms with E-state index in [1.165, 1.54) is 6.07 Å². The molecule has 0 fully saturated rings. The molecule has 0 aliphatic heterocycles. The van der Waals surface area contributed by atoms with E-state index in [0.717, 1.165) is 16.3 Å². The normalized spacial score (nSPS) is 9.76. The summed E-state index contributed by atoms with van der Waals surface area (Å²) in [5.41, 5.74) is 1.28. The fourth-order valence-electron chi connectivity index (χ4n) is 1.97. The summed E-state index contributed by atoms with van der Waals surface area (Å²) < 4.78 is 0. The highest BCUT2D eigenvalue weighted by Crippen LogP contribution is 2.24. The zero-order chi connectivity index (χ0) is 15.2. The van der Waals surface area contributed by atoms with Gasteiger partial charge in [-0.2, -0.15) is 0 Å². The van der Waals surface area contributed by atoms with Crippen LogP contribution in [0.1, 0.15) is 15.9 Å². The Kier molecular flexibility index (Phi) is 4.57. The van der Waals surface area contributed by atoms with Crippen LogP contribution >= 0.6 is 0 Å². The number of phenols is 2. The van der Waals surface area contributed by atoms with Crippen LogP contribution in [0, 0.1) is 6.92 Å². The predicted molar refractivity (Wildman–Crippen MR) is 83.8 cm³/mol. The van der Waals surface area contributed by atoms with Gasteiger partial charge >= 0.3 is 0 Å². The average molecular weight is 280 g/mol. The number of para-hydroxylation sites is 1. The number of aryl methyl sites for hydroxylation is 1. The Morgan fingerprint density at radius 1 is 0.810 bits per heavy atom. The number of aldehydes is 1. The smallest absolute Gasteiger partial charge is 0.154 e. The number of rotatable bonds is 1.